The first kappa shape index (κ1) is 26.0. The zero-order chi connectivity index (χ0) is 20.0. The zero-order valence-corrected chi connectivity index (χ0v) is 19.5. The van der Waals surface area contributed by atoms with E-state index >= 15 is 0 Å². The molecule has 0 radical (unpaired) electrons. The number of nitrogens with zero attached hydrogens (tertiary/aromatic N) is 2. The van der Waals surface area contributed by atoms with Crippen molar-refractivity contribution in [2.75, 3.05) is 28.2 Å². The Balaban J connectivity index is 0.000000483. The minimum Gasteiger partial charge on any atom is -0.837 e. The van der Waals surface area contributed by atoms with E-state index in [1.807, 2.05) is 92.3 Å². The largest absolute Gasteiger partial charge is 2.00 e. The van der Waals surface area contributed by atoms with Gasteiger partial charge in [0.15, 0.2) is 0 Å². The molecule has 2 unspecified atom stereocenters. The van der Waals surface area contributed by atoms with Gasteiger partial charge in [-0.05, 0) is 102 Å². The molecule has 0 N–H and O–H groups in total. The molecule has 0 saturated heterocycles. The van der Waals surface area contributed by atoms with Crippen LogP contribution in [0.25, 0.3) is 0 Å². The number of hydrogen-bond acceptors (Lipinski definition) is 4. The van der Waals surface area contributed by atoms with Crippen molar-refractivity contribution in [3.8, 4) is 0 Å². The molecular weight excluding hydrogens is 349 g/mol. The maximum absolute atomic E-state index is 11.8. The Bertz CT molecular complexity index is 615. The van der Waals surface area contributed by atoms with Crippen molar-refractivity contribution in [3.63, 3.8) is 0 Å². The predicted octanol–water partition coefficient (Wildman–Crippen LogP) is 2.07. The van der Waals surface area contributed by atoms with Crippen LogP contribution in [0, 0.1) is 27.7 Å². The van der Waals surface area contributed by atoms with Gasteiger partial charge in [0.05, 0.1) is 0 Å². The summed E-state index contributed by atoms with van der Waals surface area (Å²) in [6.07, 6.45) is -1.50. The van der Waals surface area contributed by atoms with Crippen LogP contribution in [0.5, 0.6) is 0 Å². The summed E-state index contributed by atoms with van der Waals surface area (Å²) in [6.45, 7) is 7.93. The first-order chi connectivity index (χ1) is 12.1. The van der Waals surface area contributed by atoms with E-state index in [0.29, 0.717) is 0 Å². The van der Waals surface area contributed by atoms with Crippen molar-refractivity contribution in [2.24, 2.45) is 0 Å². The first-order valence-corrected chi connectivity index (χ1v) is 8.84. The Morgan fingerprint density at radius 2 is 0.815 bits per heavy atom. The molecule has 0 aliphatic carbocycles. The van der Waals surface area contributed by atoms with Gasteiger partial charge in [0, 0.05) is 0 Å². The molecule has 0 heterocycles. The molecule has 0 amide bonds. The third kappa shape index (κ3) is 7.18. The second-order valence-corrected chi connectivity index (χ2v) is 7.24. The third-order valence-electron chi connectivity index (χ3n) is 4.52. The third-order valence-corrected chi connectivity index (χ3v) is 4.52. The zero-order valence-electron chi connectivity index (χ0n) is 18.0. The van der Waals surface area contributed by atoms with Gasteiger partial charge in [-0.1, -0.05) is 36.4 Å². The molecule has 0 aromatic heterocycles. The molecule has 27 heavy (non-hydrogen) atoms. The summed E-state index contributed by atoms with van der Waals surface area (Å²) in [7, 11) is 7.24. The summed E-state index contributed by atoms with van der Waals surface area (Å²) < 4.78 is 0. The second kappa shape index (κ2) is 11.8. The second-order valence-electron chi connectivity index (χ2n) is 7.24. The van der Waals surface area contributed by atoms with Crippen LogP contribution in [0.1, 0.15) is 45.8 Å². The molecule has 5 heteroatoms. The Labute approximate surface area is 181 Å². The van der Waals surface area contributed by atoms with Crippen LogP contribution in [0.15, 0.2) is 36.4 Å². The summed E-state index contributed by atoms with van der Waals surface area (Å²) in [6, 6.07) is 11.9. The minimum atomic E-state index is -0.749. The molecule has 2 atom stereocenters. The molecule has 0 aliphatic rings. The molecule has 2 aromatic carbocycles. The minimum absolute atomic E-state index is 0. The van der Waals surface area contributed by atoms with E-state index in [2.05, 4.69) is 0 Å². The number of benzene rings is 2. The van der Waals surface area contributed by atoms with Crippen molar-refractivity contribution in [1.29, 1.82) is 0 Å². The monoisotopic (exact) mass is 380 g/mol. The smallest absolute Gasteiger partial charge is 0.837 e. The fraction of sp³-hybridized carbons (Fsp3) is 0.455. The molecule has 2 aromatic rings. The van der Waals surface area contributed by atoms with E-state index in [0.717, 1.165) is 33.4 Å². The van der Waals surface area contributed by atoms with Crippen molar-refractivity contribution >= 4 is 23.1 Å². The van der Waals surface area contributed by atoms with Gasteiger partial charge in [-0.25, -0.2) is 0 Å². The van der Waals surface area contributed by atoms with E-state index in [-0.39, 0.29) is 23.1 Å². The summed E-state index contributed by atoms with van der Waals surface area (Å²) in [5.74, 6) is 0. The fourth-order valence-electron chi connectivity index (χ4n) is 2.95. The van der Waals surface area contributed by atoms with Gasteiger partial charge in [0.25, 0.3) is 0 Å². The summed E-state index contributed by atoms with van der Waals surface area (Å²) >= 11 is 0. The van der Waals surface area contributed by atoms with Crippen molar-refractivity contribution in [2.45, 2.75) is 40.2 Å². The van der Waals surface area contributed by atoms with Gasteiger partial charge in [0.2, 0.25) is 0 Å². The van der Waals surface area contributed by atoms with Crippen molar-refractivity contribution in [3.05, 3.63) is 69.8 Å². The molecule has 4 nitrogen and oxygen atoms in total. The van der Waals surface area contributed by atoms with Crippen LogP contribution in [-0.4, -0.2) is 61.0 Å². The van der Waals surface area contributed by atoms with E-state index in [1.54, 1.807) is 9.80 Å². The average molecular weight is 381 g/mol. The van der Waals surface area contributed by atoms with Crippen LogP contribution in [0.3, 0.4) is 0 Å². The van der Waals surface area contributed by atoms with Crippen LogP contribution >= 0.6 is 0 Å². The molecule has 0 aliphatic heterocycles. The van der Waals surface area contributed by atoms with Crippen LogP contribution in [-0.2, 0) is 0 Å². The molecule has 0 saturated carbocycles. The van der Waals surface area contributed by atoms with Gasteiger partial charge in [-0.15, -0.1) is 0 Å². The molecular formula is C22H32MgN2O2. The quantitative estimate of drug-likeness (QED) is 0.602. The number of rotatable bonds is 4. The molecule has 0 spiro atoms. The van der Waals surface area contributed by atoms with Gasteiger partial charge in [-0.2, -0.15) is 0 Å². The van der Waals surface area contributed by atoms with Crippen LogP contribution < -0.4 is 10.2 Å². The molecule has 0 fully saturated rings. The number of hydrogen-bond donors (Lipinski definition) is 0. The SMILES string of the molecule is Cc1cccc(C)c1C([O-])N(C)C.Cc1cccc(C)c1C([O-])N(C)C.[Mg+2]. The summed E-state index contributed by atoms with van der Waals surface area (Å²) in [5.41, 5.74) is 6.13. The standard InChI is InChI=1S/2C11H16NO.Mg/c2*1-8-6-5-7-9(2)10(8)11(13)12(3)4;/h2*5-7,11H,1-4H3;/q2*-1;+2. The molecule has 144 valence electrons. The topological polar surface area (TPSA) is 52.6 Å². The Hall–Kier alpha value is -0.954. The van der Waals surface area contributed by atoms with E-state index in [4.69, 9.17) is 0 Å². The summed E-state index contributed by atoms with van der Waals surface area (Å²) in [5, 5.41) is 23.6. The van der Waals surface area contributed by atoms with Crippen LogP contribution in [0.2, 0.25) is 0 Å². The number of aryl methyl sites for hydroxylation is 4. The van der Waals surface area contributed by atoms with Crippen molar-refractivity contribution in [1.82, 2.24) is 9.80 Å². The van der Waals surface area contributed by atoms with E-state index in [9.17, 15) is 10.2 Å². The van der Waals surface area contributed by atoms with Gasteiger partial charge < -0.3 is 20.0 Å². The van der Waals surface area contributed by atoms with E-state index in [1.165, 1.54) is 0 Å². The molecule has 2 rings (SSSR count). The Kier molecular flexibility index (Phi) is 11.4. The average Bonchev–Trinajstić information content (AvgIpc) is 2.54. The fourth-order valence-corrected chi connectivity index (χ4v) is 2.95. The predicted molar refractivity (Wildman–Crippen MR) is 110 cm³/mol. The van der Waals surface area contributed by atoms with Crippen molar-refractivity contribution < 1.29 is 10.2 Å². The van der Waals surface area contributed by atoms with Gasteiger partial charge >= 0.3 is 23.1 Å². The molecule has 0 bridgehead atoms. The Morgan fingerprint density at radius 3 is 1.00 bits per heavy atom. The van der Waals surface area contributed by atoms with E-state index < -0.39 is 12.5 Å². The van der Waals surface area contributed by atoms with Gasteiger partial charge in [0.1, 0.15) is 0 Å². The first-order valence-electron chi connectivity index (χ1n) is 8.84. The Morgan fingerprint density at radius 1 is 0.593 bits per heavy atom. The van der Waals surface area contributed by atoms with Gasteiger partial charge in [-0.3, -0.25) is 0 Å². The normalized spacial score (nSPS) is 12.9. The van der Waals surface area contributed by atoms with Crippen LogP contribution in [0.4, 0.5) is 0 Å². The maximum Gasteiger partial charge on any atom is 2.00 e. The summed E-state index contributed by atoms with van der Waals surface area (Å²) in [4.78, 5) is 3.38. The maximum atomic E-state index is 11.8.